The summed E-state index contributed by atoms with van der Waals surface area (Å²) >= 11 is 1.53. The highest BCUT2D eigenvalue weighted by Gasteiger charge is 2.34. The molecule has 2 aromatic rings. The van der Waals surface area contributed by atoms with Gasteiger partial charge in [0, 0.05) is 11.4 Å². The first-order chi connectivity index (χ1) is 10.2. The fourth-order valence-corrected chi connectivity index (χ4v) is 4.24. The molecule has 1 aliphatic carbocycles. The predicted octanol–water partition coefficient (Wildman–Crippen LogP) is 1.45. The van der Waals surface area contributed by atoms with E-state index in [-0.39, 0.29) is 11.8 Å². The predicted molar refractivity (Wildman–Crippen MR) is 79.9 cm³/mol. The molecule has 1 unspecified atom stereocenters. The van der Waals surface area contributed by atoms with Crippen LogP contribution in [0.25, 0.3) is 0 Å². The number of carbonyl (C=O) groups excluding carboxylic acids is 1. The number of H-pyrrole nitrogens is 1. The van der Waals surface area contributed by atoms with E-state index in [0.29, 0.717) is 11.7 Å². The Bertz CT molecular complexity index is 691. The number of nitrogens with zero attached hydrogens (tertiary/aromatic N) is 3. The average Bonchev–Trinajstić information content (AvgIpc) is 3.09. The molecule has 0 bridgehead atoms. The molecule has 21 heavy (non-hydrogen) atoms. The number of rotatable bonds is 1. The summed E-state index contributed by atoms with van der Waals surface area (Å²) in [6, 6.07) is 0. The minimum absolute atomic E-state index is 0.119. The summed E-state index contributed by atoms with van der Waals surface area (Å²) in [5.74, 6) is 0.0632. The van der Waals surface area contributed by atoms with Gasteiger partial charge in [-0.2, -0.15) is 5.10 Å². The van der Waals surface area contributed by atoms with Gasteiger partial charge in [0.2, 0.25) is 5.91 Å². The average molecular weight is 303 g/mol. The highest BCUT2D eigenvalue weighted by atomic mass is 32.1. The van der Waals surface area contributed by atoms with Crippen molar-refractivity contribution in [1.29, 1.82) is 0 Å². The maximum absolute atomic E-state index is 12.9. The number of aryl methyl sites for hydroxylation is 1. The standard InChI is InChI=1S/C14H17N5OS/c15-14-17-12-9(2-1-3-11(12)21-14)13(20)19-5-4-8-6-16-18-10(8)7-19/h6,9H,1-5,7H2,(H2,15,17)(H,16,18). The number of aromatic nitrogens is 3. The van der Waals surface area contributed by atoms with Crippen molar-refractivity contribution in [3.63, 3.8) is 0 Å². The largest absolute Gasteiger partial charge is 0.375 e. The summed E-state index contributed by atoms with van der Waals surface area (Å²) in [6.07, 6.45) is 5.64. The quantitative estimate of drug-likeness (QED) is 0.834. The molecule has 3 heterocycles. The molecule has 1 amide bonds. The van der Waals surface area contributed by atoms with Gasteiger partial charge in [-0.3, -0.25) is 9.89 Å². The van der Waals surface area contributed by atoms with Gasteiger partial charge in [-0.15, -0.1) is 11.3 Å². The Morgan fingerprint density at radius 1 is 1.48 bits per heavy atom. The van der Waals surface area contributed by atoms with Crippen molar-refractivity contribution < 1.29 is 4.79 Å². The zero-order valence-electron chi connectivity index (χ0n) is 11.6. The number of nitrogens with one attached hydrogen (secondary N) is 1. The van der Waals surface area contributed by atoms with Crippen LogP contribution >= 0.6 is 11.3 Å². The minimum atomic E-state index is -0.119. The van der Waals surface area contributed by atoms with Crippen molar-refractivity contribution in [2.24, 2.45) is 0 Å². The number of hydrogen-bond acceptors (Lipinski definition) is 5. The molecule has 0 saturated carbocycles. The second-order valence-electron chi connectivity index (χ2n) is 5.69. The van der Waals surface area contributed by atoms with Crippen molar-refractivity contribution in [3.05, 3.63) is 28.0 Å². The monoisotopic (exact) mass is 303 g/mol. The maximum atomic E-state index is 12.9. The molecule has 1 aliphatic heterocycles. The Balaban J connectivity index is 1.59. The zero-order chi connectivity index (χ0) is 14.4. The molecule has 0 saturated heterocycles. The van der Waals surface area contributed by atoms with E-state index >= 15 is 0 Å². The third-order valence-electron chi connectivity index (χ3n) is 4.39. The van der Waals surface area contributed by atoms with Crippen LogP contribution in [-0.2, 0) is 24.2 Å². The number of nitrogens with two attached hydrogens (primary N) is 1. The molecule has 4 rings (SSSR count). The SMILES string of the molecule is Nc1nc2c(s1)CCCC2C(=O)N1CCc2cn[nH]c2C1. The van der Waals surface area contributed by atoms with Crippen LogP contribution in [0.15, 0.2) is 6.20 Å². The van der Waals surface area contributed by atoms with Crippen LogP contribution in [0.1, 0.15) is 40.6 Å². The van der Waals surface area contributed by atoms with Crippen LogP contribution in [0.4, 0.5) is 5.13 Å². The second kappa shape index (κ2) is 4.84. The molecule has 7 heteroatoms. The molecule has 1 atom stereocenters. The molecule has 6 nitrogen and oxygen atoms in total. The highest BCUT2D eigenvalue weighted by Crippen LogP contribution is 2.37. The van der Waals surface area contributed by atoms with E-state index < -0.39 is 0 Å². The van der Waals surface area contributed by atoms with E-state index in [1.807, 2.05) is 11.1 Å². The van der Waals surface area contributed by atoms with Crippen molar-refractivity contribution >= 4 is 22.4 Å². The van der Waals surface area contributed by atoms with Crippen LogP contribution < -0.4 is 5.73 Å². The van der Waals surface area contributed by atoms with Gasteiger partial charge in [0.25, 0.3) is 0 Å². The Kier molecular flexibility index (Phi) is 2.95. The molecule has 3 N–H and O–H groups in total. The van der Waals surface area contributed by atoms with Gasteiger partial charge >= 0.3 is 0 Å². The van der Waals surface area contributed by atoms with E-state index in [2.05, 4.69) is 15.2 Å². The van der Waals surface area contributed by atoms with Crippen molar-refractivity contribution in [2.75, 3.05) is 12.3 Å². The number of aromatic amines is 1. The highest BCUT2D eigenvalue weighted by molar-refractivity contribution is 7.15. The van der Waals surface area contributed by atoms with Crippen molar-refractivity contribution in [3.8, 4) is 0 Å². The summed E-state index contributed by atoms with van der Waals surface area (Å²) in [7, 11) is 0. The van der Waals surface area contributed by atoms with Gasteiger partial charge in [-0.05, 0) is 31.2 Å². The number of thiazole rings is 1. The second-order valence-corrected chi connectivity index (χ2v) is 6.80. The van der Waals surface area contributed by atoms with Crippen LogP contribution in [0.3, 0.4) is 0 Å². The molecule has 0 aromatic carbocycles. The van der Waals surface area contributed by atoms with E-state index in [0.717, 1.165) is 43.6 Å². The Morgan fingerprint density at radius 2 is 2.38 bits per heavy atom. The first-order valence-electron chi connectivity index (χ1n) is 7.27. The molecule has 0 spiro atoms. The maximum Gasteiger partial charge on any atom is 0.232 e. The van der Waals surface area contributed by atoms with Crippen LogP contribution in [-0.4, -0.2) is 32.5 Å². The number of anilines is 1. The third kappa shape index (κ3) is 2.12. The first kappa shape index (κ1) is 12.8. The molecule has 2 aromatic heterocycles. The van der Waals surface area contributed by atoms with Gasteiger partial charge in [0.15, 0.2) is 5.13 Å². The molecule has 110 valence electrons. The summed E-state index contributed by atoms with van der Waals surface area (Å²) in [5.41, 5.74) is 9.02. The van der Waals surface area contributed by atoms with Crippen LogP contribution in [0.5, 0.6) is 0 Å². The fourth-order valence-electron chi connectivity index (χ4n) is 3.30. The lowest BCUT2D eigenvalue weighted by Crippen LogP contribution is -2.39. The van der Waals surface area contributed by atoms with Crippen LogP contribution in [0.2, 0.25) is 0 Å². The van der Waals surface area contributed by atoms with E-state index in [4.69, 9.17) is 5.73 Å². The fraction of sp³-hybridized carbons (Fsp3) is 0.500. The number of amides is 1. The topological polar surface area (TPSA) is 87.9 Å². The normalized spacial score (nSPS) is 21.0. The summed E-state index contributed by atoms with van der Waals surface area (Å²) in [4.78, 5) is 20.4. The van der Waals surface area contributed by atoms with Crippen molar-refractivity contribution in [1.82, 2.24) is 20.1 Å². The summed E-state index contributed by atoms with van der Waals surface area (Å²) < 4.78 is 0. The lowest BCUT2D eigenvalue weighted by atomic mass is 9.89. The number of nitrogen functional groups attached to an aromatic ring is 1. The van der Waals surface area contributed by atoms with Gasteiger partial charge in [-0.1, -0.05) is 0 Å². The molecule has 2 aliphatic rings. The van der Waals surface area contributed by atoms with Gasteiger partial charge in [0.05, 0.1) is 30.0 Å². The minimum Gasteiger partial charge on any atom is -0.375 e. The number of fused-ring (bicyclic) bond motifs is 2. The Hall–Kier alpha value is -1.89. The zero-order valence-corrected chi connectivity index (χ0v) is 12.4. The van der Waals surface area contributed by atoms with Gasteiger partial charge in [-0.25, -0.2) is 4.98 Å². The third-order valence-corrected chi connectivity index (χ3v) is 5.35. The first-order valence-corrected chi connectivity index (χ1v) is 8.09. The molecule has 0 fully saturated rings. The smallest absolute Gasteiger partial charge is 0.232 e. The lowest BCUT2D eigenvalue weighted by molar-refractivity contribution is -0.134. The van der Waals surface area contributed by atoms with E-state index in [1.165, 1.54) is 21.8 Å². The Labute approximate surface area is 126 Å². The van der Waals surface area contributed by atoms with E-state index in [1.54, 1.807) is 0 Å². The van der Waals surface area contributed by atoms with Crippen LogP contribution in [0, 0.1) is 0 Å². The summed E-state index contributed by atoms with van der Waals surface area (Å²) in [6.45, 7) is 1.39. The number of carbonyl (C=O) groups is 1. The van der Waals surface area contributed by atoms with Gasteiger partial charge in [0.1, 0.15) is 0 Å². The lowest BCUT2D eigenvalue weighted by Gasteiger charge is -2.31. The molecule has 0 radical (unpaired) electrons. The van der Waals surface area contributed by atoms with Gasteiger partial charge < -0.3 is 10.6 Å². The number of hydrogen-bond donors (Lipinski definition) is 2. The summed E-state index contributed by atoms with van der Waals surface area (Å²) in [5, 5.41) is 7.63. The van der Waals surface area contributed by atoms with Crippen molar-refractivity contribution in [2.45, 2.75) is 38.1 Å². The Morgan fingerprint density at radius 3 is 3.29 bits per heavy atom. The van der Waals surface area contributed by atoms with E-state index in [9.17, 15) is 4.79 Å². The molecular formula is C14H17N5OS. The molecular weight excluding hydrogens is 286 g/mol.